The van der Waals surface area contributed by atoms with Crippen molar-refractivity contribution in [2.45, 2.75) is 18.9 Å². The average molecular weight is 301 g/mol. The Morgan fingerprint density at radius 3 is 2.95 bits per heavy atom. The average Bonchev–Trinajstić information content (AvgIpc) is 2.43. The number of hydrogen-bond acceptors (Lipinski definition) is 3. The highest BCUT2D eigenvalue weighted by molar-refractivity contribution is 6.30. The predicted octanol–water partition coefficient (Wildman–Crippen LogP) is 2.84. The number of benzene rings is 1. The summed E-state index contributed by atoms with van der Waals surface area (Å²) in [5, 5.41) is 0.408. The Morgan fingerprint density at radius 1 is 1.55 bits per heavy atom. The van der Waals surface area contributed by atoms with E-state index in [0.717, 1.165) is 32.6 Å². The molecule has 5 heteroatoms. The minimum absolute atomic E-state index is 0.130. The van der Waals surface area contributed by atoms with Gasteiger partial charge in [-0.3, -0.25) is 4.90 Å². The van der Waals surface area contributed by atoms with Gasteiger partial charge in [0.15, 0.2) is 0 Å². The second kappa shape index (κ2) is 7.36. The standard InChI is InChI=1S/C15H22ClFN2O/c1-19(9-11-3-2-6-20-10-11)15(8-18)13-5-4-12(16)7-14(13)17/h4-5,7,11,15H,2-3,6,8-10,18H2,1H3. The highest BCUT2D eigenvalue weighted by Crippen LogP contribution is 2.26. The number of hydrogen-bond donors (Lipinski definition) is 1. The molecule has 0 aliphatic carbocycles. The van der Waals surface area contributed by atoms with Crippen LogP contribution in [0.15, 0.2) is 18.2 Å². The number of nitrogens with two attached hydrogens (primary N) is 1. The highest BCUT2D eigenvalue weighted by Gasteiger charge is 2.23. The third kappa shape index (κ3) is 3.92. The first-order valence-corrected chi connectivity index (χ1v) is 7.42. The van der Waals surface area contributed by atoms with E-state index in [1.165, 1.54) is 6.07 Å². The van der Waals surface area contributed by atoms with Crippen LogP contribution < -0.4 is 5.73 Å². The van der Waals surface area contributed by atoms with Gasteiger partial charge < -0.3 is 10.5 Å². The lowest BCUT2D eigenvalue weighted by atomic mass is 9.99. The molecule has 2 rings (SSSR count). The van der Waals surface area contributed by atoms with Gasteiger partial charge in [-0.15, -0.1) is 0 Å². The summed E-state index contributed by atoms with van der Waals surface area (Å²) in [5.74, 6) is 0.206. The van der Waals surface area contributed by atoms with Gasteiger partial charge in [-0.1, -0.05) is 17.7 Å². The quantitative estimate of drug-likeness (QED) is 0.909. The molecule has 2 N–H and O–H groups in total. The van der Waals surface area contributed by atoms with Crippen molar-refractivity contribution in [3.05, 3.63) is 34.6 Å². The summed E-state index contributed by atoms with van der Waals surface area (Å²) in [4.78, 5) is 2.12. The molecule has 112 valence electrons. The molecule has 0 radical (unpaired) electrons. The zero-order chi connectivity index (χ0) is 14.5. The van der Waals surface area contributed by atoms with Crippen LogP contribution in [0.25, 0.3) is 0 Å². The Bertz CT molecular complexity index is 438. The zero-order valence-corrected chi connectivity index (χ0v) is 12.6. The third-order valence-electron chi connectivity index (χ3n) is 3.88. The zero-order valence-electron chi connectivity index (χ0n) is 11.8. The maximum atomic E-state index is 14.0. The molecule has 1 aromatic rings. The van der Waals surface area contributed by atoms with Crippen molar-refractivity contribution in [1.82, 2.24) is 4.90 Å². The highest BCUT2D eigenvalue weighted by atomic mass is 35.5. The van der Waals surface area contributed by atoms with Crippen molar-refractivity contribution in [3.63, 3.8) is 0 Å². The first-order valence-electron chi connectivity index (χ1n) is 7.04. The van der Waals surface area contributed by atoms with E-state index >= 15 is 0 Å². The summed E-state index contributed by atoms with van der Waals surface area (Å²) in [5.41, 5.74) is 6.45. The van der Waals surface area contributed by atoms with E-state index < -0.39 is 0 Å². The van der Waals surface area contributed by atoms with Crippen LogP contribution in [0.2, 0.25) is 5.02 Å². The minimum Gasteiger partial charge on any atom is -0.381 e. The molecule has 1 fully saturated rings. The Kier molecular flexibility index (Phi) is 5.78. The molecule has 0 aromatic heterocycles. The molecule has 1 aliphatic rings. The normalized spacial score (nSPS) is 21.1. The van der Waals surface area contributed by atoms with Crippen LogP contribution >= 0.6 is 11.6 Å². The van der Waals surface area contributed by atoms with Crippen LogP contribution in [0.3, 0.4) is 0 Å². The number of nitrogens with zero attached hydrogens (tertiary/aromatic N) is 1. The van der Waals surface area contributed by atoms with E-state index in [2.05, 4.69) is 4.90 Å². The molecule has 1 aliphatic heterocycles. The van der Waals surface area contributed by atoms with Crippen LogP contribution in [0.5, 0.6) is 0 Å². The van der Waals surface area contributed by atoms with Crippen LogP contribution in [0.4, 0.5) is 4.39 Å². The Labute approximate surface area is 124 Å². The molecule has 3 nitrogen and oxygen atoms in total. The maximum Gasteiger partial charge on any atom is 0.129 e. The first-order chi connectivity index (χ1) is 9.61. The van der Waals surface area contributed by atoms with Gasteiger partial charge in [0.1, 0.15) is 5.82 Å². The fraction of sp³-hybridized carbons (Fsp3) is 0.600. The first kappa shape index (κ1) is 15.7. The number of rotatable bonds is 5. The molecular formula is C15H22ClFN2O. The molecular weight excluding hydrogens is 279 g/mol. The van der Waals surface area contributed by atoms with Gasteiger partial charge in [0.25, 0.3) is 0 Å². The summed E-state index contributed by atoms with van der Waals surface area (Å²) in [6.07, 6.45) is 2.26. The van der Waals surface area contributed by atoms with Gasteiger partial charge in [0.2, 0.25) is 0 Å². The smallest absolute Gasteiger partial charge is 0.129 e. The molecule has 2 unspecified atom stereocenters. The van der Waals surface area contributed by atoms with E-state index in [1.54, 1.807) is 12.1 Å². The van der Waals surface area contributed by atoms with Crippen molar-refractivity contribution in [3.8, 4) is 0 Å². The molecule has 2 atom stereocenters. The Hall–Kier alpha value is -0.680. The fourth-order valence-electron chi connectivity index (χ4n) is 2.80. The molecule has 1 heterocycles. The van der Waals surface area contributed by atoms with Crippen molar-refractivity contribution in [1.29, 1.82) is 0 Å². The summed E-state index contributed by atoms with van der Waals surface area (Å²) < 4.78 is 19.5. The summed E-state index contributed by atoms with van der Waals surface area (Å²) in [6, 6.07) is 4.65. The number of ether oxygens (including phenoxy) is 1. The lowest BCUT2D eigenvalue weighted by Gasteiger charge is -2.32. The molecule has 0 saturated carbocycles. The lowest BCUT2D eigenvalue weighted by Crippen LogP contribution is -2.37. The monoisotopic (exact) mass is 300 g/mol. The van der Waals surface area contributed by atoms with Crippen LogP contribution in [-0.2, 0) is 4.74 Å². The number of halogens is 2. The molecule has 0 spiro atoms. The second-order valence-corrected chi connectivity index (χ2v) is 5.88. The van der Waals surface area contributed by atoms with E-state index in [9.17, 15) is 4.39 Å². The molecule has 1 saturated heterocycles. The molecule has 0 amide bonds. The summed E-state index contributed by atoms with van der Waals surface area (Å²) in [7, 11) is 1.99. The van der Waals surface area contributed by atoms with Gasteiger partial charge in [-0.2, -0.15) is 0 Å². The van der Waals surface area contributed by atoms with Gasteiger partial charge >= 0.3 is 0 Å². The largest absolute Gasteiger partial charge is 0.381 e. The second-order valence-electron chi connectivity index (χ2n) is 5.44. The van der Waals surface area contributed by atoms with Gasteiger partial charge in [0, 0.05) is 36.3 Å². The van der Waals surface area contributed by atoms with Crippen LogP contribution in [0, 0.1) is 11.7 Å². The van der Waals surface area contributed by atoms with E-state index in [4.69, 9.17) is 22.1 Å². The molecule has 0 bridgehead atoms. The number of likely N-dealkylation sites (N-methyl/N-ethyl adjacent to an activating group) is 1. The van der Waals surface area contributed by atoms with Gasteiger partial charge in [-0.25, -0.2) is 4.39 Å². The van der Waals surface area contributed by atoms with Crippen LogP contribution in [-0.4, -0.2) is 38.3 Å². The Morgan fingerprint density at radius 2 is 2.35 bits per heavy atom. The van der Waals surface area contributed by atoms with E-state index in [1.807, 2.05) is 7.05 Å². The minimum atomic E-state index is -0.292. The van der Waals surface area contributed by atoms with Crippen molar-refractivity contribution in [2.24, 2.45) is 11.7 Å². The van der Waals surface area contributed by atoms with Gasteiger partial charge in [0.05, 0.1) is 6.61 Å². The third-order valence-corrected chi connectivity index (χ3v) is 4.11. The van der Waals surface area contributed by atoms with Crippen molar-refractivity contribution >= 4 is 11.6 Å². The lowest BCUT2D eigenvalue weighted by molar-refractivity contribution is 0.0363. The predicted molar refractivity (Wildman–Crippen MR) is 79.4 cm³/mol. The Balaban J connectivity index is 2.06. The SMILES string of the molecule is CN(CC1CCCOC1)C(CN)c1ccc(Cl)cc1F. The summed E-state index contributed by atoms with van der Waals surface area (Å²) in [6.45, 7) is 2.88. The summed E-state index contributed by atoms with van der Waals surface area (Å²) >= 11 is 5.80. The van der Waals surface area contributed by atoms with E-state index in [-0.39, 0.29) is 11.9 Å². The molecule has 20 heavy (non-hydrogen) atoms. The topological polar surface area (TPSA) is 38.5 Å². The molecule has 1 aromatic carbocycles. The van der Waals surface area contributed by atoms with E-state index in [0.29, 0.717) is 23.0 Å². The van der Waals surface area contributed by atoms with Crippen molar-refractivity contribution < 1.29 is 9.13 Å². The maximum absolute atomic E-state index is 14.0. The van der Waals surface area contributed by atoms with Crippen LogP contribution in [0.1, 0.15) is 24.4 Å². The van der Waals surface area contributed by atoms with Gasteiger partial charge in [-0.05, 0) is 37.9 Å². The van der Waals surface area contributed by atoms with Crippen molar-refractivity contribution in [2.75, 3.05) is 33.4 Å². The fourth-order valence-corrected chi connectivity index (χ4v) is 2.96.